The number of rotatable bonds is 3. The highest BCUT2D eigenvalue weighted by molar-refractivity contribution is 7.07. The van der Waals surface area contributed by atoms with Crippen molar-refractivity contribution in [2.24, 2.45) is 0 Å². The molecule has 1 aromatic carbocycles. The van der Waals surface area contributed by atoms with E-state index in [1.807, 2.05) is 0 Å². The number of anilines is 1. The first-order chi connectivity index (χ1) is 8.15. The van der Waals surface area contributed by atoms with Gasteiger partial charge in [-0.15, -0.1) is 0 Å². The van der Waals surface area contributed by atoms with Gasteiger partial charge in [0.1, 0.15) is 12.4 Å². The van der Waals surface area contributed by atoms with Gasteiger partial charge in [-0.3, -0.25) is 14.2 Å². The minimum atomic E-state index is -0.421. The minimum absolute atomic E-state index is 0.0706. The Kier molecular flexibility index (Phi) is 3.34. The molecule has 1 heterocycles. The number of amides is 1. The predicted molar refractivity (Wildman–Crippen MR) is 63.6 cm³/mol. The molecule has 6 heteroatoms. The Bertz CT molecular complexity index is 591. The van der Waals surface area contributed by atoms with Crippen LogP contribution in [0.1, 0.15) is 0 Å². The maximum Gasteiger partial charge on any atom is 0.307 e. The van der Waals surface area contributed by atoms with Gasteiger partial charge in [-0.2, -0.15) is 0 Å². The first kappa shape index (κ1) is 11.5. The fourth-order valence-electron chi connectivity index (χ4n) is 1.33. The van der Waals surface area contributed by atoms with Gasteiger partial charge in [-0.1, -0.05) is 17.4 Å². The van der Waals surface area contributed by atoms with E-state index in [9.17, 15) is 14.0 Å². The van der Waals surface area contributed by atoms with E-state index in [0.717, 1.165) is 11.3 Å². The van der Waals surface area contributed by atoms with Gasteiger partial charge in [-0.25, -0.2) is 4.39 Å². The van der Waals surface area contributed by atoms with Crippen LogP contribution in [0.3, 0.4) is 0 Å². The maximum atomic E-state index is 12.9. The molecule has 17 heavy (non-hydrogen) atoms. The molecule has 0 aliphatic heterocycles. The second-order valence-corrected chi connectivity index (χ2v) is 4.21. The van der Waals surface area contributed by atoms with Gasteiger partial charge < -0.3 is 5.32 Å². The summed E-state index contributed by atoms with van der Waals surface area (Å²) in [7, 11) is 0. The molecule has 88 valence electrons. The predicted octanol–water partition coefficient (Wildman–Crippen LogP) is 1.69. The maximum absolute atomic E-state index is 12.9. The first-order valence-electron chi connectivity index (χ1n) is 4.84. The van der Waals surface area contributed by atoms with E-state index < -0.39 is 5.82 Å². The topological polar surface area (TPSA) is 51.1 Å². The standard InChI is InChI=1S/C11H9FN2O2S/c12-8-2-1-3-9(6-8)13-10(15)7-14-4-5-17-11(14)16/h1-6H,7H2,(H,13,15). The molecular weight excluding hydrogens is 243 g/mol. The SMILES string of the molecule is O=C(Cn1ccsc1=O)Nc1cccc(F)c1. The van der Waals surface area contributed by atoms with Gasteiger partial charge in [0.2, 0.25) is 5.91 Å². The van der Waals surface area contributed by atoms with E-state index >= 15 is 0 Å². The van der Waals surface area contributed by atoms with Crippen molar-refractivity contribution in [2.45, 2.75) is 6.54 Å². The van der Waals surface area contributed by atoms with E-state index in [1.165, 1.54) is 29.0 Å². The normalized spacial score (nSPS) is 10.2. The van der Waals surface area contributed by atoms with Crippen molar-refractivity contribution in [3.63, 3.8) is 0 Å². The van der Waals surface area contributed by atoms with E-state index in [0.29, 0.717) is 5.69 Å². The van der Waals surface area contributed by atoms with Crippen molar-refractivity contribution in [3.8, 4) is 0 Å². The molecule has 4 nitrogen and oxygen atoms in total. The van der Waals surface area contributed by atoms with Crippen LogP contribution in [0.4, 0.5) is 10.1 Å². The smallest absolute Gasteiger partial charge is 0.307 e. The Morgan fingerprint density at radius 3 is 2.94 bits per heavy atom. The van der Waals surface area contributed by atoms with Crippen LogP contribution in [-0.4, -0.2) is 10.5 Å². The zero-order valence-corrected chi connectivity index (χ0v) is 9.54. The molecule has 1 amide bonds. The van der Waals surface area contributed by atoms with Crippen LogP contribution in [0.25, 0.3) is 0 Å². The third-order valence-corrected chi connectivity index (χ3v) is 2.76. The molecule has 1 N–H and O–H groups in total. The summed E-state index contributed by atoms with van der Waals surface area (Å²) in [6.07, 6.45) is 1.54. The number of nitrogens with one attached hydrogen (secondary N) is 1. The van der Waals surface area contributed by atoms with Crippen molar-refractivity contribution in [2.75, 3.05) is 5.32 Å². The minimum Gasteiger partial charge on any atom is -0.324 e. The third kappa shape index (κ3) is 3.01. The van der Waals surface area contributed by atoms with Gasteiger partial charge in [0.15, 0.2) is 0 Å². The molecule has 0 fully saturated rings. The quantitative estimate of drug-likeness (QED) is 0.903. The van der Waals surface area contributed by atoms with Gasteiger partial charge >= 0.3 is 4.87 Å². The van der Waals surface area contributed by atoms with E-state index in [-0.39, 0.29) is 17.3 Å². The second kappa shape index (κ2) is 4.92. The number of halogens is 1. The largest absolute Gasteiger partial charge is 0.324 e. The number of nitrogens with zero attached hydrogens (tertiary/aromatic N) is 1. The van der Waals surface area contributed by atoms with E-state index in [2.05, 4.69) is 5.32 Å². The Balaban J connectivity index is 2.03. The number of thiazole rings is 1. The number of hydrogen-bond donors (Lipinski definition) is 1. The molecule has 1 aromatic heterocycles. The Morgan fingerprint density at radius 2 is 2.29 bits per heavy atom. The fourth-order valence-corrected chi connectivity index (χ4v) is 1.91. The van der Waals surface area contributed by atoms with Crippen molar-refractivity contribution >= 4 is 22.9 Å². The van der Waals surface area contributed by atoms with Crippen LogP contribution in [0, 0.1) is 5.82 Å². The lowest BCUT2D eigenvalue weighted by Gasteiger charge is -2.05. The van der Waals surface area contributed by atoms with Crippen molar-refractivity contribution in [1.29, 1.82) is 0 Å². The summed E-state index contributed by atoms with van der Waals surface area (Å²) in [5, 5.41) is 4.12. The molecule has 0 saturated carbocycles. The second-order valence-electron chi connectivity index (χ2n) is 3.36. The summed E-state index contributed by atoms with van der Waals surface area (Å²) in [6.45, 7) is -0.0706. The molecule has 0 aliphatic rings. The molecule has 2 aromatic rings. The fraction of sp³-hybridized carbons (Fsp3) is 0.0909. The lowest BCUT2D eigenvalue weighted by Crippen LogP contribution is -2.23. The number of hydrogen-bond acceptors (Lipinski definition) is 3. The highest BCUT2D eigenvalue weighted by Gasteiger charge is 2.05. The molecule has 0 bridgehead atoms. The molecule has 2 rings (SSSR count). The van der Waals surface area contributed by atoms with E-state index in [4.69, 9.17) is 0 Å². The highest BCUT2D eigenvalue weighted by Crippen LogP contribution is 2.08. The Morgan fingerprint density at radius 1 is 1.47 bits per heavy atom. The summed E-state index contributed by atoms with van der Waals surface area (Å²) in [5.41, 5.74) is 0.373. The van der Waals surface area contributed by atoms with Crippen LogP contribution in [0.5, 0.6) is 0 Å². The Hall–Kier alpha value is -1.95. The molecular formula is C11H9FN2O2S. The average Bonchev–Trinajstić information content (AvgIpc) is 2.64. The van der Waals surface area contributed by atoms with Crippen molar-refractivity contribution in [1.82, 2.24) is 4.57 Å². The van der Waals surface area contributed by atoms with Crippen LogP contribution in [0.15, 0.2) is 40.6 Å². The summed E-state index contributed by atoms with van der Waals surface area (Å²) in [5.74, 6) is -0.786. The summed E-state index contributed by atoms with van der Waals surface area (Å²) in [6, 6.07) is 5.59. The van der Waals surface area contributed by atoms with Gasteiger partial charge in [0.05, 0.1) is 0 Å². The summed E-state index contributed by atoms with van der Waals surface area (Å²) in [4.78, 5) is 22.6. The molecule has 0 aliphatic carbocycles. The number of aromatic nitrogens is 1. The van der Waals surface area contributed by atoms with Crippen LogP contribution >= 0.6 is 11.3 Å². The van der Waals surface area contributed by atoms with Gasteiger partial charge in [-0.05, 0) is 18.2 Å². The van der Waals surface area contributed by atoms with Crippen molar-refractivity contribution in [3.05, 3.63) is 51.3 Å². The average molecular weight is 252 g/mol. The first-order valence-corrected chi connectivity index (χ1v) is 5.72. The third-order valence-electron chi connectivity index (χ3n) is 2.07. The molecule has 0 atom stereocenters. The Labute approximate surface area is 100 Å². The number of carbonyl (C=O) groups excluding carboxylic acids is 1. The zero-order valence-electron chi connectivity index (χ0n) is 8.72. The van der Waals surface area contributed by atoms with Crippen LogP contribution < -0.4 is 10.2 Å². The lowest BCUT2D eigenvalue weighted by molar-refractivity contribution is -0.116. The number of benzene rings is 1. The van der Waals surface area contributed by atoms with Crippen LogP contribution in [0.2, 0.25) is 0 Å². The van der Waals surface area contributed by atoms with Gasteiger partial charge in [0, 0.05) is 17.3 Å². The summed E-state index contributed by atoms with van der Waals surface area (Å²) >= 11 is 1.02. The van der Waals surface area contributed by atoms with Crippen molar-refractivity contribution < 1.29 is 9.18 Å². The van der Waals surface area contributed by atoms with Crippen LogP contribution in [-0.2, 0) is 11.3 Å². The molecule has 0 unspecified atom stereocenters. The molecule has 0 saturated heterocycles. The lowest BCUT2D eigenvalue weighted by atomic mass is 10.3. The highest BCUT2D eigenvalue weighted by atomic mass is 32.1. The number of carbonyl (C=O) groups is 1. The molecule has 0 radical (unpaired) electrons. The van der Waals surface area contributed by atoms with Gasteiger partial charge in [0.25, 0.3) is 0 Å². The molecule has 0 spiro atoms. The summed E-state index contributed by atoms with van der Waals surface area (Å²) < 4.78 is 14.1. The zero-order chi connectivity index (χ0) is 12.3. The monoisotopic (exact) mass is 252 g/mol. The van der Waals surface area contributed by atoms with E-state index in [1.54, 1.807) is 11.4 Å².